The van der Waals surface area contributed by atoms with Gasteiger partial charge < -0.3 is 15.9 Å². The quantitative estimate of drug-likeness (QED) is 0.520. The number of amides is 2. The van der Waals surface area contributed by atoms with Crippen molar-refractivity contribution < 1.29 is 19.8 Å². The van der Waals surface area contributed by atoms with E-state index in [2.05, 4.69) is 9.97 Å². The first-order chi connectivity index (χ1) is 7.40. The number of hydrogen-bond donors (Lipinski definition) is 5. The smallest absolute Gasteiger partial charge is 0.410 e. The number of nitrogen functional groups attached to an aromatic ring is 1. The van der Waals surface area contributed by atoms with Crippen LogP contribution >= 0.6 is 11.6 Å². The van der Waals surface area contributed by atoms with Crippen LogP contribution in [0.15, 0.2) is 0 Å². The zero-order valence-electron chi connectivity index (χ0n) is 7.56. The molecule has 10 heteroatoms. The number of nitrogens with two attached hydrogens (primary N) is 1. The van der Waals surface area contributed by atoms with E-state index in [1.807, 2.05) is 10.6 Å². The summed E-state index contributed by atoms with van der Waals surface area (Å²) >= 11 is 5.64. The molecule has 0 fully saturated rings. The Bertz CT molecular complexity index is 414. The molecule has 0 atom stereocenters. The van der Waals surface area contributed by atoms with E-state index in [-0.39, 0.29) is 22.6 Å². The average Bonchev–Trinajstić information content (AvgIpc) is 2.11. The van der Waals surface area contributed by atoms with Crippen molar-refractivity contribution in [2.75, 3.05) is 16.4 Å². The molecule has 0 saturated heterocycles. The number of nitrogens with zero attached hydrogens (tertiary/aromatic N) is 2. The Morgan fingerprint density at radius 2 is 1.50 bits per heavy atom. The summed E-state index contributed by atoms with van der Waals surface area (Å²) in [6, 6.07) is 0. The Kier molecular flexibility index (Phi) is 3.30. The monoisotopic (exact) mass is 247 g/mol. The lowest BCUT2D eigenvalue weighted by atomic mass is 10.5. The van der Waals surface area contributed by atoms with Gasteiger partial charge in [-0.05, 0) is 0 Å². The molecule has 0 aliphatic heterocycles. The fourth-order valence-corrected chi connectivity index (χ4v) is 1.01. The highest BCUT2D eigenvalue weighted by molar-refractivity contribution is 6.36. The molecular weight excluding hydrogens is 242 g/mol. The van der Waals surface area contributed by atoms with Crippen LogP contribution in [0.5, 0.6) is 0 Å². The third-order valence-corrected chi connectivity index (χ3v) is 1.68. The molecule has 0 radical (unpaired) electrons. The van der Waals surface area contributed by atoms with E-state index >= 15 is 0 Å². The van der Waals surface area contributed by atoms with E-state index in [0.29, 0.717) is 0 Å². The van der Waals surface area contributed by atoms with Crippen molar-refractivity contribution in [3.05, 3.63) is 5.02 Å². The number of carboxylic acid groups (broad SMARTS) is 2. The fraction of sp³-hybridized carbons (Fsp3) is 0. The maximum Gasteiger partial charge on any atom is 0.410 e. The second-order valence-corrected chi connectivity index (χ2v) is 2.83. The van der Waals surface area contributed by atoms with Gasteiger partial charge in [-0.1, -0.05) is 11.6 Å². The van der Waals surface area contributed by atoms with Crippen molar-refractivity contribution in [2.45, 2.75) is 0 Å². The van der Waals surface area contributed by atoms with E-state index in [0.717, 1.165) is 0 Å². The Labute approximate surface area is 93.3 Å². The molecule has 1 heterocycles. The number of hydrogen-bond acceptors (Lipinski definition) is 5. The van der Waals surface area contributed by atoms with Gasteiger partial charge in [0.2, 0.25) is 5.95 Å². The third-order valence-electron chi connectivity index (χ3n) is 1.32. The van der Waals surface area contributed by atoms with Crippen molar-refractivity contribution in [1.29, 1.82) is 0 Å². The highest BCUT2D eigenvalue weighted by atomic mass is 35.5. The van der Waals surface area contributed by atoms with Crippen LogP contribution in [-0.4, -0.2) is 32.4 Å². The lowest BCUT2D eigenvalue weighted by Gasteiger charge is -2.07. The standard InChI is InChI=1S/C6H6ClN5O4/c7-1-2(11-5(13)14)9-4(8)10-3(1)12-6(15)16/h(H,13,14)(H,15,16)(H4,8,9,10,11,12). The number of carbonyl (C=O) groups is 2. The first-order valence-electron chi connectivity index (χ1n) is 3.73. The van der Waals surface area contributed by atoms with Gasteiger partial charge in [0.05, 0.1) is 0 Å². The predicted octanol–water partition coefficient (Wildman–Crippen LogP) is 0.892. The number of anilines is 3. The first kappa shape index (κ1) is 11.8. The Morgan fingerprint density at radius 1 is 1.12 bits per heavy atom. The summed E-state index contributed by atoms with van der Waals surface area (Å²) in [6.07, 6.45) is -2.83. The largest absolute Gasteiger partial charge is 0.465 e. The third kappa shape index (κ3) is 2.85. The number of nitrogens with one attached hydrogen (secondary N) is 2. The number of halogens is 1. The summed E-state index contributed by atoms with van der Waals surface area (Å²) in [5, 5.41) is 20.3. The molecule has 0 unspecified atom stereocenters. The maximum absolute atomic E-state index is 10.4. The molecule has 0 aromatic carbocycles. The fourth-order valence-electron chi connectivity index (χ4n) is 0.833. The normalized spacial score (nSPS) is 9.56. The zero-order valence-corrected chi connectivity index (χ0v) is 8.32. The van der Waals surface area contributed by atoms with Crippen molar-refractivity contribution in [3.63, 3.8) is 0 Å². The molecule has 0 aliphatic rings. The summed E-state index contributed by atoms with van der Waals surface area (Å²) < 4.78 is 0. The minimum absolute atomic E-state index is 0.293. The number of aromatic nitrogens is 2. The molecular formula is C6H6ClN5O4. The topological polar surface area (TPSA) is 150 Å². The van der Waals surface area contributed by atoms with Crippen molar-refractivity contribution in [1.82, 2.24) is 9.97 Å². The molecule has 9 nitrogen and oxygen atoms in total. The van der Waals surface area contributed by atoms with Gasteiger partial charge in [0, 0.05) is 0 Å². The van der Waals surface area contributed by atoms with Crippen LogP contribution in [0.3, 0.4) is 0 Å². The molecule has 16 heavy (non-hydrogen) atoms. The van der Waals surface area contributed by atoms with Crippen LogP contribution in [0.25, 0.3) is 0 Å². The highest BCUT2D eigenvalue weighted by Gasteiger charge is 2.14. The highest BCUT2D eigenvalue weighted by Crippen LogP contribution is 2.27. The molecule has 0 aliphatic carbocycles. The van der Waals surface area contributed by atoms with Crippen molar-refractivity contribution in [3.8, 4) is 0 Å². The molecule has 0 bridgehead atoms. The van der Waals surface area contributed by atoms with Gasteiger partial charge >= 0.3 is 12.2 Å². The minimum atomic E-state index is -1.42. The van der Waals surface area contributed by atoms with Gasteiger partial charge in [-0.2, -0.15) is 9.97 Å². The molecule has 6 N–H and O–H groups in total. The zero-order chi connectivity index (χ0) is 12.3. The SMILES string of the molecule is Nc1nc(NC(=O)O)c(Cl)c(NC(=O)O)n1. The van der Waals surface area contributed by atoms with Crippen molar-refractivity contribution in [2.24, 2.45) is 0 Å². The second-order valence-electron chi connectivity index (χ2n) is 2.45. The van der Waals surface area contributed by atoms with Crippen LogP contribution < -0.4 is 16.4 Å². The molecule has 1 aromatic heterocycles. The van der Waals surface area contributed by atoms with Crippen molar-refractivity contribution >= 4 is 41.4 Å². The molecule has 1 rings (SSSR count). The van der Waals surface area contributed by atoms with Gasteiger partial charge in [0.25, 0.3) is 0 Å². The molecule has 2 amide bonds. The lowest BCUT2D eigenvalue weighted by molar-refractivity contribution is 0.208. The molecule has 86 valence electrons. The Balaban J connectivity index is 3.14. The first-order valence-corrected chi connectivity index (χ1v) is 4.11. The maximum atomic E-state index is 10.4. The summed E-state index contributed by atoms with van der Waals surface area (Å²) in [6.45, 7) is 0. The minimum Gasteiger partial charge on any atom is -0.465 e. The van der Waals surface area contributed by atoms with E-state index in [1.54, 1.807) is 0 Å². The molecule has 1 aromatic rings. The predicted molar refractivity (Wildman–Crippen MR) is 54.7 cm³/mol. The van der Waals surface area contributed by atoms with E-state index < -0.39 is 12.2 Å². The number of rotatable bonds is 2. The molecule has 0 saturated carbocycles. The second kappa shape index (κ2) is 4.49. The van der Waals surface area contributed by atoms with Gasteiger partial charge in [0.1, 0.15) is 5.02 Å². The van der Waals surface area contributed by atoms with E-state index in [4.69, 9.17) is 27.5 Å². The van der Waals surface area contributed by atoms with Crippen LogP contribution in [0, 0.1) is 0 Å². The summed E-state index contributed by atoms with van der Waals surface area (Å²) in [5.74, 6) is -0.923. The van der Waals surface area contributed by atoms with Crippen LogP contribution in [0.1, 0.15) is 0 Å². The van der Waals surface area contributed by atoms with Crippen LogP contribution in [-0.2, 0) is 0 Å². The van der Waals surface area contributed by atoms with Gasteiger partial charge in [-0.25, -0.2) is 9.59 Å². The van der Waals surface area contributed by atoms with Gasteiger partial charge in [-0.15, -0.1) is 0 Å². The van der Waals surface area contributed by atoms with E-state index in [1.165, 1.54) is 0 Å². The lowest BCUT2D eigenvalue weighted by Crippen LogP contribution is -2.15. The average molecular weight is 248 g/mol. The van der Waals surface area contributed by atoms with E-state index in [9.17, 15) is 9.59 Å². The Morgan fingerprint density at radius 3 is 1.81 bits per heavy atom. The molecule has 0 spiro atoms. The summed E-state index contributed by atoms with van der Waals surface area (Å²) in [4.78, 5) is 27.7. The Hall–Kier alpha value is -2.29. The van der Waals surface area contributed by atoms with Gasteiger partial charge in [-0.3, -0.25) is 10.6 Å². The van der Waals surface area contributed by atoms with Crippen LogP contribution in [0.4, 0.5) is 27.2 Å². The summed E-state index contributed by atoms with van der Waals surface area (Å²) in [7, 11) is 0. The summed E-state index contributed by atoms with van der Waals surface area (Å²) in [5.41, 5.74) is 5.23. The van der Waals surface area contributed by atoms with Crippen LogP contribution in [0.2, 0.25) is 5.02 Å². The van der Waals surface area contributed by atoms with Gasteiger partial charge in [0.15, 0.2) is 11.6 Å².